The van der Waals surface area contributed by atoms with E-state index in [0.717, 1.165) is 20.3 Å². The van der Waals surface area contributed by atoms with Gasteiger partial charge in [-0.25, -0.2) is 0 Å². The molecule has 2 heterocycles. The molecule has 1 unspecified atom stereocenters. The second-order valence-electron chi connectivity index (χ2n) is 3.77. The van der Waals surface area contributed by atoms with E-state index in [1.54, 1.807) is 22.7 Å². The smallest absolute Gasteiger partial charge is 0.106 e. The number of fused-ring (bicyclic) bond motifs is 1. The van der Waals surface area contributed by atoms with Crippen LogP contribution in [-0.4, -0.2) is 5.11 Å². The molecule has 0 saturated heterocycles. The summed E-state index contributed by atoms with van der Waals surface area (Å²) < 4.78 is 2.27. The van der Waals surface area contributed by atoms with Crippen molar-refractivity contribution < 1.29 is 5.11 Å². The maximum absolute atomic E-state index is 10.4. The molecule has 1 aromatic carbocycles. The molecule has 0 radical (unpaired) electrons. The molecular weight excluding hydrogens is 316 g/mol. The van der Waals surface area contributed by atoms with E-state index in [0.29, 0.717) is 0 Å². The van der Waals surface area contributed by atoms with Crippen molar-refractivity contribution in [3.8, 4) is 0 Å². The molecule has 2 aromatic heterocycles. The van der Waals surface area contributed by atoms with Crippen LogP contribution in [0.3, 0.4) is 0 Å². The lowest BCUT2D eigenvalue weighted by atomic mass is 10.0. The summed E-state index contributed by atoms with van der Waals surface area (Å²) in [5.41, 5.74) is 1.95. The molecule has 17 heavy (non-hydrogen) atoms. The van der Waals surface area contributed by atoms with Crippen LogP contribution in [0, 0.1) is 0 Å². The summed E-state index contributed by atoms with van der Waals surface area (Å²) in [4.78, 5) is 0. The fourth-order valence-corrected chi connectivity index (χ4v) is 4.03. The maximum Gasteiger partial charge on any atom is 0.106 e. The summed E-state index contributed by atoms with van der Waals surface area (Å²) in [5.74, 6) is 0. The molecule has 1 atom stereocenters. The van der Waals surface area contributed by atoms with Gasteiger partial charge in [-0.15, -0.1) is 22.7 Å². The van der Waals surface area contributed by atoms with Crippen LogP contribution in [0.1, 0.15) is 17.2 Å². The first-order valence-corrected chi connectivity index (χ1v) is 7.69. The molecule has 3 rings (SSSR count). The van der Waals surface area contributed by atoms with Crippen LogP contribution < -0.4 is 0 Å². The van der Waals surface area contributed by atoms with Gasteiger partial charge in [0, 0.05) is 10.3 Å². The lowest BCUT2D eigenvalue weighted by molar-refractivity contribution is 0.223. The average molecular weight is 325 g/mol. The van der Waals surface area contributed by atoms with Gasteiger partial charge < -0.3 is 5.11 Å². The summed E-state index contributed by atoms with van der Waals surface area (Å²) in [6.07, 6.45) is -0.534. The third kappa shape index (κ3) is 2.06. The third-order valence-corrected chi connectivity index (χ3v) is 5.21. The Bertz CT molecular complexity index is 656. The van der Waals surface area contributed by atoms with E-state index in [1.165, 1.54) is 4.70 Å². The number of aliphatic hydroxyl groups is 1. The number of hydrogen-bond donors (Lipinski definition) is 1. The number of benzene rings is 1. The molecule has 0 fully saturated rings. The molecule has 3 aromatic rings. The first kappa shape index (κ1) is 11.4. The minimum atomic E-state index is -0.534. The molecule has 0 bridgehead atoms. The lowest BCUT2D eigenvalue weighted by Gasteiger charge is -2.07. The molecule has 0 amide bonds. The fraction of sp³-hybridized carbons (Fsp3) is 0.0769. The van der Waals surface area contributed by atoms with E-state index in [4.69, 9.17) is 0 Å². The van der Waals surface area contributed by atoms with Crippen molar-refractivity contribution >= 4 is 48.7 Å². The molecule has 4 heteroatoms. The number of thiophene rings is 2. The van der Waals surface area contributed by atoms with Crippen LogP contribution in [0.2, 0.25) is 0 Å². The van der Waals surface area contributed by atoms with Crippen molar-refractivity contribution in [3.63, 3.8) is 0 Å². The Kier molecular flexibility index (Phi) is 3.04. The van der Waals surface area contributed by atoms with Crippen LogP contribution in [0.5, 0.6) is 0 Å². The maximum atomic E-state index is 10.4. The molecule has 1 nitrogen and oxygen atoms in total. The lowest BCUT2D eigenvalue weighted by Crippen LogP contribution is -1.96. The summed E-state index contributed by atoms with van der Waals surface area (Å²) >= 11 is 6.69. The van der Waals surface area contributed by atoms with E-state index in [9.17, 15) is 5.11 Å². The van der Waals surface area contributed by atoms with Gasteiger partial charge in [0.2, 0.25) is 0 Å². The Morgan fingerprint density at radius 3 is 2.71 bits per heavy atom. The van der Waals surface area contributed by atoms with Crippen LogP contribution in [0.25, 0.3) is 10.1 Å². The summed E-state index contributed by atoms with van der Waals surface area (Å²) in [7, 11) is 0. The van der Waals surface area contributed by atoms with Gasteiger partial charge in [0.15, 0.2) is 0 Å². The Hall–Kier alpha value is -0.680. The highest BCUT2D eigenvalue weighted by atomic mass is 79.9. The van der Waals surface area contributed by atoms with Gasteiger partial charge in [0.25, 0.3) is 0 Å². The van der Waals surface area contributed by atoms with E-state index >= 15 is 0 Å². The van der Waals surface area contributed by atoms with Crippen LogP contribution >= 0.6 is 38.6 Å². The van der Waals surface area contributed by atoms with Crippen LogP contribution in [0.15, 0.2) is 44.9 Å². The highest BCUT2D eigenvalue weighted by molar-refractivity contribution is 9.11. The zero-order chi connectivity index (χ0) is 11.8. The normalized spacial score (nSPS) is 13.1. The molecule has 0 aliphatic rings. The Labute approximate surface area is 115 Å². The van der Waals surface area contributed by atoms with Crippen LogP contribution in [-0.2, 0) is 0 Å². The zero-order valence-electron chi connectivity index (χ0n) is 8.76. The van der Waals surface area contributed by atoms with Crippen molar-refractivity contribution in [2.24, 2.45) is 0 Å². The molecule has 0 spiro atoms. The molecular formula is C13H9BrOS2. The molecule has 0 aliphatic carbocycles. The number of rotatable bonds is 2. The topological polar surface area (TPSA) is 20.2 Å². The fourth-order valence-electron chi connectivity index (χ4n) is 1.86. The first-order valence-electron chi connectivity index (χ1n) is 5.14. The predicted molar refractivity (Wildman–Crippen MR) is 77.9 cm³/mol. The minimum absolute atomic E-state index is 0.534. The van der Waals surface area contributed by atoms with Crippen molar-refractivity contribution in [3.05, 3.63) is 56.0 Å². The number of halogens is 1. The second kappa shape index (κ2) is 4.53. The standard InChI is InChI=1S/C13H9BrOS2/c14-12-5-8(6-17-12)13(15)10-7-16-11-4-2-1-3-9(10)11/h1-7,13,15H. The van der Waals surface area contributed by atoms with E-state index < -0.39 is 6.10 Å². The summed E-state index contributed by atoms with van der Waals surface area (Å²) in [5, 5.41) is 15.6. The molecule has 86 valence electrons. The summed E-state index contributed by atoms with van der Waals surface area (Å²) in [6, 6.07) is 10.2. The molecule has 1 N–H and O–H groups in total. The Balaban J connectivity index is 2.09. The van der Waals surface area contributed by atoms with Crippen molar-refractivity contribution in [1.29, 1.82) is 0 Å². The quantitative estimate of drug-likeness (QED) is 0.717. The van der Waals surface area contributed by atoms with Gasteiger partial charge in [0.05, 0.1) is 3.79 Å². The van der Waals surface area contributed by atoms with Gasteiger partial charge >= 0.3 is 0 Å². The Morgan fingerprint density at radius 1 is 1.12 bits per heavy atom. The highest BCUT2D eigenvalue weighted by Crippen LogP contribution is 2.35. The number of hydrogen-bond acceptors (Lipinski definition) is 3. The predicted octanol–water partition coefficient (Wildman–Crippen LogP) is 4.81. The van der Waals surface area contributed by atoms with Gasteiger partial charge in [-0.2, -0.15) is 0 Å². The second-order valence-corrected chi connectivity index (χ2v) is 6.98. The van der Waals surface area contributed by atoms with Gasteiger partial charge in [-0.3, -0.25) is 0 Å². The monoisotopic (exact) mass is 324 g/mol. The average Bonchev–Trinajstić information content (AvgIpc) is 2.94. The van der Waals surface area contributed by atoms with Crippen molar-refractivity contribution in [2.75, 3.05) is 0 Å². The first-order chi connectivity index (χ1) is 8.25. The molecule has 0 saturated carbocycles. The minimum Gasteiger partial charge on any atom is -0.384 e. The summed E-state index contributed by atoms with van der Waals surface area (Å²) in [6.45, 7) is 0. The number of aliphatic hydroxyl groups excluding tert-OH is 1. The van der Waals surface area contributed by atoms with E-state index in [1.807, 2.05) is 29.0 Å². The van der Waals surface area contributed by atoms with Gasteiger partial charge in [-0.05, 0) is 49.8 Å². The third-order valence-electron chi connectivity index (χ3n) is 2.71. The molecule has 0 aliphatic heterocycles. The van der Waals surface area contributed by atoms with Crippen molar-refractivity contribution in [2.45, 2.75) is 6.10 Å². The zero-order valence-corrected chi connectivity index (χ0v) is 12.0. The van der Waals surface area contributed by atoms with E-state index in [-0.39, 0.29) is 0 Å². The van der Waals surface area contributed by atoms with Crippen LogP contribution in [0.4, 0.5) is 0 Å². The van der Waals surface area contributed by atoms with Gasteiger partial charge in [-0.1, -0.05) is 18.2 Å². The van der Waals surface area contributed by atoms with Gasteiger partial charge in [0.1, 0.15) is 6.10 Å². The SMILES string of the molecule is OC(c1csc(Br)c1)c1csc2ccccc12. The van der Waals surface area contributed by atoms with Crippen molar-refractivity contribution in [1.82, 2.24) is 0 Å². The van der Waals surface area contributed by atoms with E-state index in [2.05, 4.69) is 28.1 Å². The Morgan fingerprint density at radius 2 is 1.94 bits per heavy atom. The largest absolute Gasteiger partial charge is 0.384 e. The highest BCUT2D eigenvalue weighted by Gasteiger charge is 2.16.